The molecule has 0 unspecified atom stereocenters. The average Bonchev–Trinajstić information content (AvgIpc) is 2.58. The molecular formula is C19H23NO3. The fourth-order valence-electron chi connectivity index (χ4n) is 2.13. The molecule has 0 spiro atoms. The number of rotatable bonds is 7. The lowest BCUT2D eigenvalue weighted by Gasteiger charge is -2.10. The van der Waals surface area contributed by atoms with Crippen LogP contribution in [0, 0.1) is 0 Å². The summed E-state index contributed by atoms with van der Waals surface area (Å²) < 4.78 is 10.7. The number of methoxy groups -OCH3 is 1. The van der Waals surface area contributed by atoms with Gasteiger partial charge in [0.15, 0.2) is 6.61 Å². The Morgan fingerprint density at radius 3 is 2.48 bits per heavy atom. The van der Waals surface area contributed by atoms with Gasteiger partial charge in [-0.25, -0.2) is 0 Å². The summed E-state index contributed by atoms with van der Waals surface area (Å²) in [4.78, 5) is 11.9. The first-order valence-corrected chi connectivity index (χ1v) is 7.71. The van der Waals surface area contributed by atoms with Crippen LogP contribution in [0.15, 0.2) is 48.5 Å². The van der Waals surface area contributed by atoms with Crippen molar-refractivity contribution in [3.63, 3.8) is 0 Å². The third kappa shape index (κ3) is 5.33. The number of amides is 1. The van der Waals surface area contributed by atoms with Crippen LogP contribution in [-0.4, -0.2) is 19.6 Å². The maximum atomic E-state index is 11.9. The van der Waals surface area contributed by atoms with Crippen LogP contribution < -0.4 is 14.8 Å². The zero-order chi connectivity index (χ0) is 16.7. The fourth-order valence-corrected chi connectivity index (χ4v) is 2.13. The molecular weight excluding hydrogens is 290 g/mol. The van der Waals surface area contributed by atoms with Gasteiger partial charge in [-0.3, -0.25) is 4.79 Å². The van der Waals surface area contributed by atoms with Gasteiger partial charge in [0.05, 0.1) is 7.11 Å². The SMILES string of the molecule is COc1cccc(CNC(=O)COc2ccc(C(C)C)cc2)c1. The topological polar surface area (TPSA) is 47.6 Å². The summed E-state index contributed by atoms with van der Waals surface area (Å²) in [6.07, 6.45) is 0. The number of ether oxygens (including phenoxy) is 2. The highest BCUT2D eigenvalue weighted by atomic mass is 16.5. The van der Waals surface area contributed by atoms with Gasteiger partial charge in [0.2, 0.25) is 0 Å². The van der Waals surface area contributed by atoms with Gasteiger partial charge in [-0.15, -0.1) is 0 Å². The monoisotopic (exact) mass is 313 g/mol. The van der Waals surface area contributed by atoms with E-state index in [2.05, 4.69) is 19.2 Å². The van der Waals surface area contributed by atoms with E-state index in [9.17, 15) is 4.79 Å². The minimum atomic E-state index is -0.152. The van der Waals surface area contributed by atoms with Gasteiger partial charge in [0, 0.05) is 6.54 Å². The minimum Gasteiger partial charge on any atom is -0.497 e. The molecule has 0 atom stereocenters. The van der Waals surface area contributed by atoms with Crippen molar-refractivity contribution in [1.29, 1.82) is 0 Å². The van der Waals surface area contributed by atoms with Crippen molar-refractivity contribution in [2.75, 3.05) is 13.7 Å². The van der Waals surface area contributed by atoms with E-state index in [-0.39, 0.29) is 12.5 Å². The number of hydrogen-bond donors (Lipinski definition) is 1. The molecule has 0 radical (unpaired) electrons. The van der Waals surface area contributed by atoms with Crippen LogP contribution in [0.2, 0.25) is 0 Å². The van der Waals surface area contributed by atoms with E-state index in [1.54, 1.807) is 7.11 Å². The maximum absolute atomic E-state index is 11.9. The molecule has 0 aromatic heterocycles. The molecule has 4 heteroatoms. The standard InChI is InChI=1S/C19H23NO3/c1-14(2)16-7-9-17(10-8-16)23-13-19(21)20-12-15-5-4-6-18(11-15)22-3/h4-11,14H,12-13H2,1-3H3,(H,20,21). The summed E-state index contributed by atoms with van der Waals surface area (Å²) >= 11 is 0. The van der Waals surface area contributed by atoms with Crippen molar-refractivity contribution in [2.24, 2.45) is 0 Å². The largest absolute Gasteiger partial charge is 0.497 e. The molecule has 1 N–H and O–H groups in total. The molecule has 0 aliphatic rings. The number of carbonyl (C=O) groups is 1. The Morgan fingerprint density at radius 1 is 1.09 bits per heavy atom. The van der Waals surface area contributed by atoms with Gasteiger partial charge in [0.25, 0.3) is 5.91 Å². The minimum absolute atomic E-state index is 0.00495. The molecule has 2 rings (SSSR count). The maximum Gasteiger partial charge on any atom is 0.258 e. The van der Waals surface area contributed by atoms with Crippen LogP contribution in [0.4, 0.5) is 0 Å². The van der Waals surface area contributed by atoms with Crippen LogP contribution in [0.1, 0.15) is 30.9 Å². The summed E-state index contributed by atoms with van der Waals surface area (Å²) in [5, 5.41) is 2.83. The third-order valence-corrected chi connectivity index (χ3v) is 3.54. The first kappa shape index (κ1) is 16.9. The van der Waals surface area contributed by atoms with Gasteiger partial charge < -0.3 is 14.8 Å². The molecule has 0 heterocycles. The Kier molecular flexibility index (Phi) is 6.03. The molecule has 2 aromatic rings. The quantitative estimate of drug-likeness (QED) is 0.851. The number of hydrogen-bond acceptors (Lipinski definition) is 3. The van der Waals surface area contributed by atoms with E-state index in [0.717, 1.165) is 11.3 Å². The van der Waals surface area contributed by atoms with Crippen molar-refractivity contribution < 1.29 is 14.3 Å². The Morgan fingerprint density at radius 2 is 1.83 bits per heavy atom. The van der Waals surface area contributed by atoms with Crippen molar-refractivity contribution in [2.45, 2.75) is 26.3 Å². The second-order valence-corrected chi connectivity index (χ2v) is 5.64. The highest BCUT2D eigenvalue weighted by Gasteiger charge is 2.04. The van der Waals surface area contributed by atoms with Gasteiger partial charge in [-0.2, -0.15) is 0 Å². The number of benzene rings is 2. The van der Waals surface area contributed by atoms with E-state index < -0.39 is 0 Å². The lowest BCUT2D eigenvalue weighted by Crippen LogP contribution is -2.28. The Balaban J connectivity index is 1.78. The predicted molar refractivity (Wildman–Crippen MR) is 90.9 cm³/mol. The zero-order valence-corrected chi connectivity index (χ0v) is 13.8. The van der Waals surface area contributed by atoms with Crippen LogP contribution in [0.3, 0.4) is 0 Å². The van der Waals surface area contributed by atoms with Crippen LogP contribution in [0.5, 0.6) is 11.5 Å². The summed E-state index contributed by atoms with van der Waals surface area (Å²) in [6.45, 7) is 4.74. The lowest BCUT2D eigenvalue weighted by atomic mass is 10.0. The van der Waals surface area contributed by atoms with E-state index >= 15 is 0 Å². The summed E-state index contributed by atoms with van der Waals surface area (Å²) in [7, 11) is 1.62. The van der Waals surface area contributed by atoms with Gasteiger partial charge in [-0.1, -0.05) is 38.1 Å². The van der Waals surface area contributed by atoms with Gasteiger partial charge in [0.1, 0.15) is 11.5 Å². The molecule has 4 nitrogen and oxygen atoms in total. The highest BCUT2D eigenvalue weighted by molar-refractivity contribution is 5.77. The van der Waals surface area contributed by atoms with Crippen molar-refractivity contribution in [1.82, 2.24) is 5.32 Å². The van der Waals surface area contributed by atoms with E-state index in [4.69, 9.17) is 9.47 Å². The van der Waals surface area contributed by atoms with E-state index in [1.807, 2.05) is 48.5 Å². The molecule has 0 saturated heterocycles. The first-order valence-electron chi connectivity index (χ1n) is 7.71. The summed E-state index contributed by atoms with van der Waals surface area (Å²) in [5.74, 6) is 1.81. The van der Waals surface area contributed by atoms with Crippen molar-refractivity contribution in [3.8, 4) is 11.5 Å². The van der Waals surface area contributed by atoms with Crippen LogP contribution in [-0.2, 0) is 11.3 Å². The molecule has 23 heavy (non-hydrogen) atoms. The van der Waals surface area contributed by atoms with Gasteiger partial charge >= 0.3 is 0 Å². The fraction of sp³-hybridized carbons (Fsp3) is 0.316. The first-order chi connectivity index (χ1) is 11.1. The van der Waals surface area contributed by atoms with E-state index in [1.165, 1.54) is 5.56 Å². The van der Waals surface area contributed by atoms with Crippen LogP contribution >= 0.6 is 0 Å². The molecule has 1 amide bonds. The summed E-state index contributed by atoms with van der Waals surface area (Å²) in [5.41, 5.74) is 2.24. The molecule has 0 fully saturated rings. The van der Waals surface area contributed by atoms with Crippen molar-refractivity contribution in [3.05, 3.63) is 59.7 Å². The normalized spacial score (nSPS) is 10.4. The second kappa shape index (κ2) is 8.22. The molecule has 0 saturated carbocycles. The summed E-state index contributed by atoms with van der Waals surface area (Å²) in [6, 6.07) is 15.4. The predicted octanol–water partition coefficient (Wildman–Crippen LogP) is 3.51. The molecule has 2 aromatic carbocycles. The highest BCUT2D eigenvalue weighted by Crippen LogP contribution is 2.18. The Labute approximate surface area is 137 Å². The van der Waals surface area contributed by atoms with Crippen molar-refractivity contribution >= 4 is 5.91 Å². The number of carbonyl (C=O) groups excluding carboxylic acids is 1. The lowest BCUT2D eigenvalue weighted by molar-refractivity contribution is -0.123. The van der Waals surface area contributed by atoms with E-state index in [0.29, 0.717) is 18.2 Å². The third-order valence-electron chi connectivity index (χ3n) is 3.54. The Hall–Kier alpha value is -2.49. The molecule has 0 aliphatic heterocycles. The Bertz CT molecular complexity index is 635. The second-order valence-electron chi connectivity index (χ2n) is 5.64. The molecule has 122 valence electrons. The van der Waals surface area contributed by atoms with Gasteiger partial charge in [-0.05, 0) is 41.3 Å². The number of nitrogens with one attached hydrogen (secondary N) is 1. The van der Waals surface area contributed by atoms with Crippen LogP contribution in [0.25, 0.3) is 0 Å². The zero-order valence-electron chi connectivity index (χ0n) is 13.8. The smallest absolute Gasteiger partial charge is 0.258 e. The molecule has 0 bridgehead atoms. The molecule has 0 aliphatic carbocycles. The average molecular weight is 313 g/mol.